The SMILES string of the molecule is CCC(C)Oc1c(Cl)cc(C=C2C(=O)NC(=S)N(c3cccc(C)c3)C2=O)cc1OC. The Morgan fingerprint density at radius 1 is 1.26 bits per heavy atom. The van der Waals surface area contributed by atoms with E-state index in [1.807, 2.05) is 39.0 Å². The Morgan fingerprint density at radius 2 is 2.00 bits per heavy atom. The normalized spacial score (nSPS) is 16.4. The van der Waals surface area contributed by atoms with E-state index < -0.39 is 11.8 Å². The van der Waals surface area contributed by atoms with Gasteiger partial charge in [-0.15, -0.1) is 0 Å². The van der Waals surface area contributed by atoms with Gasteiger partial charge in [0.15, 0.2) is 16.6 Å². The average Bonchev–Trinajstić information content (AvgIpc) is 2.72. The number of nitrogens with one attached hydrogen (secondary N) is 1. The van der Waals surface area contributed by atoms with Crippen LogP contribution in [0.15, 0.2) is 42.0 Å². The van der Waals surface area contributed by atoms with Crippen LogP contribution >= 0.6 is 23.8 Å². The van der Waals surface area contributed by atoms with Gasteiger partial charge in [-0.05, 0) is 74.0 Å². The molecule has 2 aromatic rings. The maximum atomic E-state index is 13.2. The predicted octanol–water partition coefficient (Wildman–Crippen LogP) is 4.67. The fourth-order valence-electron chi connectivity index (χ4n) is 3.05. The highest BCUT2D eigenvalue weighted by atomic mass is 35.5. The lowest BCUT2D eigenvalue weighted by Crippen LogP contribution is -2.54. The van der Waals surface area contributed by atoms with Gasteiger partial charge in [-0.3, -0.25) is 19.8 Å². The van der Waals surface area contributed by atoms with Gasteiger partial charge in [-0.25, -0.2) is 0 Å². The van der Waals surface area contributed by atoms with E-state index >= 15 is 0 Å². The molecule has 0 saturated carbocycles. The van der Waals surface area contributed by atoms with Gasteiger partial charge in [0, 0.05) is 0 Å². The van der Waals surface area contributed by atoms with Crippen molar-refractivity contribution in [2.24, 2.45) is 0 Å². The molecule has 1 aliphatic rings. The summed E-state index contributed by atoms with van der Waals surface area (Å²) in [6.07, 6.45) is 2.21. The van der Waals surface area contributed by atoms with Crippen LogP contribution in [0.4, 0.5) is 5.69 Å². The second kappa shape index (κ2) is 9.49. The van der Waals surface area contributed by atoms with Crippen molar-refractivity contribution in [3.05, 3.63) is 58.1 Å². The third-order valence-corrected chi connectivity index (χ3v) is 5.38. The first kappa shape index (κ1) is 22.8. The van der Waals surface area contributed by atoms with Crippen molar-refractivity contribution in [3.63, 3.8) is 0 Å². The van der Waals surface area contributed by atoms with Gasteiger partial charge in [0.25, 0.3) is 11.8 Å². The van der Waals surface area contributed by atoms with Crippen LogP contribution in [0.3, 0.4) is 0 Å². The molecule has 1 aliphatic heterocycles. The van der Waals surface area contributed by atoms with Crippen LogP contribution in [0.1, 0.15) is 31.4 Å². The molecule has 0 bridgehead atoms. The number of ether oxygens (including phenoxy) is 2. The summed E-state index contributed by atoms with van der Waals surface area (Å²) < 4.78 is 11.3. The van der Waals surface area contributed by atoms with Crippen molar-refractivity contribution in [1.82, 2.24) is 5.32 Å². The molecular formula is C23H23ClN2O4S. The molecule has 31 heavy (non-hydrogen) atoms. The zero-order valence-electron chi connectivity index (χ0n) is 17.7. The maximum Gasteiger partial charge on any atom is 0.270 e. The minimum absolute atomic E-state index is 0.0330. The lowest BCUT2D eigenvalue weighted by Gasteiger charge is -2.29. The first-order valence-electron chi connectivity index (χ1n) is 9.77. The molecule has 1 saturated heterocycles. The minimum atomic E-state index is -0.575. The smallest absolute Gasteiger partial charge is 0.270 e. The number of anilines is 1. The first-order chi connectivity index (χ1) is 14.7. The van der Waals surface area contributed by atoms with Crippen molar-refractivity contribution in [1.29, 1.82) is 0 Å². The lowest BCUT2D eigenvalue weighted by molar-refractivity contribution is -0.122. The lowest BCUT2D eigenvalue weighted by atomic mass is 10.1. The van der Waals surface area contributed by atoms with E-state index in [9.17, 15) is 9.59 Å². The second-order valence-corrected chi connectivity index (χ2v) is 7.96. The number of nitrogens with zero attached hydrogens (tertiary/aromatic N) is 1. The topological polar surface area (TPSA) is 67.9 Å². The Morgan fingerprint density at radius 3 is 2.65 bits per heavy atom. The van der Waals surface area contributed by atoms with Crippen molar-refractivity contribution < 1.29 is 19.1 Å². The molecule has 2 aromatic carbocycles. The highest BCUT2D eigenvalue weighted by Crippen LogP contribution is 2.38. The summed E-state index contributed by atoms with van der Waals surface area (Å²) in [7, 11) is 1.50. The number of benzene rings is 2. The number of hydrogen-bond donors (Lipinski definition) is 1. The molecule has 3 rings (SSSR count). The van der Waals surface area contributed by atoms with Gasteiger partial charge in [-0.1, -0.05) is 30.7 Å². The number of carbonyl (C=O) groups is 2. The van der Waals surface area contributed by atoms with E-state index in [1.54, 1.807) is 18.2 Å². The molecule has 1 fully saturated rings. The zero-order valence-corrected chi connectivity index (χ0v) is 19.3. The number of halogens is 1. The quantitative estimate of drug-likeness (QED) is 0.387. The van der Waals surface area contributed by atoms with Gasteiger partial charge in [0.05, 0.1) is 23.9 Å². The van der Waals surface area contributed by atoms with Crippen molar-refractivity contribution >= 4 is 52.5 Å². The number of aryl methyl sites for hydroxylation is 1. The second-order valence-electron chi connectivity index (χ2n) is 7.17. The van der Waals surface area contributed by atoms with Crippen LogP contribution in [0.25, 0.3) is 6.08 Å². The van der Waals surface area contributed by atoms with Crippen molar-refractivity contribution in [3.8, 4) is 11.5 Å². The van der Waals surface area contributed by atoms with E-state index in [0.717, 1.165) is 12.0 Å². The Balaban J connectivity index is 2.01. The van der Waals surface area contributed by atoms with Crippen molar-refractivity contribution in [2.75, 3.05) is 12.0 Å². The third kappa shape index (κ3) is 4.89. The van der Waals surface area contributed by atoms with E-state index in [2.05, 4.69) is 5.32 Å². The third-order valence-electron chi connectivity index (χ3n) is 4.82. The summed E-state index contributed by atoms with van der Waals surface area (Å²) in [5, 5.41) is 2.93. The Labute approximate surface area is 191 Å². The molecule has 0 aliphatic carbocycles. The van der Waals surface area contributed by atoms with Crippen LogP contribution in [0.5, 0.6) is 11.5 Å². The molecule has 1 atom stereocenters. The maximum absolute atomic E-state index is 13.2. The fraction of sp³-hybridized carbons (Fsp3) is 0.261. The van der Waals surface area contributed by atoms with E-state index in [1.165, 1.54) is 18.1 Å². The van der Waals surface area contributed by atoms with Gasteiger partial charge in [0.2, 0.25) is 0 Å². The van der Waals surface area contributed by atoms with E-state index in [0.29, 0.717) is 27.8 Å². The van der Waals surface area contributed by atoms with Gasteiger partial charge < -0.3 is 9.47 Å². The standard InChI is InChI=1S/C23H23ClN2O4S/c1-5-14(3)30-20-18(24)11-15(12-19(20)29-4)10-17-21(27)25-23(31)26(22(17)28)16-8-6-7-13(2)9-16/h6-12,14H,5H2,1-4H3,(H,25,27,31). The van der Waals surface area contributed by atoms with Crippen LogP contribution in [-0.2, 0) is 9.59 Å². The van der Waals surface area contributed by atoms with Gasteiger partial charge >= 0.3 is 0 Å². The van der Waals surface area contributed by atoms with Crippen LogP contribution in [0, 0.1) is 6.92 Å². The number of amides is 2. The molecule has 0 spiro atoms. The fourth-order valence-corrected chi connectivity index (χ4v) is 3.59. The Bertz CT molecular complexity index is 1080. The number of methoxy groups -OCH3 is 1. The van der Waals surface area contributed by atoms with Gasteiger partial charge in [0.1, 0.15) is 5.57 Å². The Kier molecular flexibility index (Phi) is 6.97. The summed E-state index contributed by atoms with van der Waals surface area (Å²) in [6.45, 7) is 5.84. The summed E-state index contributed by atoms with van der Waals surface area (Å²) in [4.78, 5) is 27.0. The summed E-state index contributed by atoms with van der Waals surface area (Å²) in [5.74, 6) is -0.264. The van der Waals surface area contributed by atoms with E-state index in [-0.39, 0.29) is 16.8 Å². The molecule has 1 N–H and O–H groups in total. The monoisotopic (exact) mass is 458 g/mol. The largest absolute Gasteiger partial charge is 0.493 e. The first-order valence-corrected chi connectivity index (χ1v) is 10.6. The Hall–Kier alpha value is -2.90. The summed E-state index contributed by atoms with van der Waals surface area (Å²) >= 11 is 11.7. The highest BCUT2D eigenvalue weighted by molar-refractivity contribution is 7.80. The number of rotatable bonds is 6. The number of carbonyl (C=O) groups excluding carboxylic acids is 2. The minimum Gasteiger partial charge on any atom is -0.493 e. The number of hydrogen-bond acceptors (Lipinski definition) is 5. The van der Waals surface area contributed by atoms with Crippen LogP contribution < -0.4 is 19.7 Å². The van der Waals surface area contributed by atoms with Crippen LogP contribution in [0.2, 0.25) is 5.02 Å². The van der Waals surface area contributed by atoms with Gasteiger partial charge in [-0.2, -0.15) is 0 Å². The number of thiocarbonyl (C=S) groups is 1. The molecule has 0 aromatic heterocycles. The molecule has 2 amide bonds. The predicted molar refractivity (Wildman–Crippen MR) is 126 cm³/mol. The molecular weight excluding hydrogens is 436 g/mol. The average molecular weight is 459 g/mol. The summed E-state index contributed by atoms with van der Waals surface area (Å²) in [6, 6.07) is 10.6. The molecule has 0 radical (unpaired) electrons. The molecule has 162 valence electrons. The van der Waals surface area contributed by atoms with Crippen LogP contribution in [-0.4, -0.2) is 30.1 Å². The van der Waals surface area contributed by atoms with E-state index in [4.69, 9.17) is 33.3 Å². The zero-order chi connectivity index (χ0) is 22.7. The summed E-state index contributed by atoms with van der Waals surface area (Å²) in [5.41, 5.74) is 2.00. The molecule has 6 nitrogen and oxygen atoms in total. The highest BCUT2D eigenvalue weighted by Gasteiger charge is 2.34. The van der Waals surface area contributed by atoms with Crippen molar-refractivity contribution in [2.45, 2.75) is 33.3 Å². The molecule has 8 heteroatoms. The molecule has 1 unspecified atom stereocenters. The molecule has 1 heterocycles.